The van der Waals surface area contributed by atoms with Crippen LogP contribution in [0.1, 0.15) is 29.3 Å². The van der Waals surface area contributed by atoms with Crippen LogP contribution in [0.2, 0.25) is 0 Å². The first-order chi connectivity index (χ1) is 8.72. The standard InChI is InChI=1S/C13H12FIN2S/c14-11-5-2-6-13(17-11)16-9-3-1-4-10-8(9)7-12(15)18-10/h2,5-7,9H,1,3-4H2,(H,16,17). The van der Waals surface area contributed by atoms with Crippen LogP contribution in [0.15, 0.2) is 24.3 Å². The number of fused-ring (bicyclic) bond motifs is 1. The summed E-state index contributed by atoms with van der Waals surface area (Å²) >= 11 is 4.22. The second-order valence-corrected chi connectivity index (χ2v) is 7.39. The van der Waals surface area contributed by atoms with E-state index in [1.807, 2.05) is 17.4 Å². The Kier molecular flexibility index (Phi) is 3.52. The van der Waals surface area contributed by atoms with E-state index < -0.39 is 5.95 Å². The number of hydrogen-bond donors (Lipinski definition) is 1. The maximum Gasteiger partial charge on any atom is 0.214 e. The van der Waals surface area contributed by atoms with Crippen LogP contribution >= 0.6 is 33.9 Å². The van der Waals surface area contributed by atoms with Gasteiger partial charge in [0.1, 0.15) is 5.82 Å². The summed E-state index contributed by atoms with van der Waals surface area (Å²) in [4.78, 5) is 5.33. The van der Waals surface area contributed by atoms with Crippen LogP contribution in [0.5, 0.6) is 0 Å². The zero-order valence-electron chi connectivity index (χ0n) is 9.62. The van der Waals surface area contributed by atoms with Gasteiger partial charge >= 0.3 is 0 Å². The van der Waals surface area contributed by atoms with Crippen molar-refractivity contribution in [2.24, 2.45) is 0 Å². The van der Waals surface area contributed by atoms with Crippen LogP contribution in [-0.2, 0) is 6.42 Å². The maximum atomic E-state index is 13.1. The van der Waals surface area contributed by atoms with Crippen molar-refractivity contribution >= 4 is 39.7 Å². The number of rotatable bonds is 2. The average Bonchev–Trinajstić information content (AvgIpc) is 2.71. The van der Waals surface area contributed by atoms with Crippen molar-refractivity contribution in [2.75, 3.05) is 5.32 Å². The molecule has 0 spiro atoms. The fourth-order valence-electron chi connectivity index (χ4n) is 2.34. The molecule has 0 amide bonds. The molecule has 2 aromatic heterocycles. The topological polar surface area (TPSA) is 24.9 Å². The molecule has 0 aliphatic heterocycles. The van der Waals surface area contributed by atoms with E-state index in [-0.39, 0.29) is 6.04 Å². The third-order valence-electron chi connectivity index (χ3n) is 3.12. The van der Waals surface area contributed by atoms with Gasteiger partial charge in [0.2, 0.25) is 5.95 Å². The van der Waals surface area contributed by atoms with Crippen LogP contribution < -0.4 is 5.32 Å². The maximum absolute atomic E-state index is 13.1. The van der Waals surface area contributed by atoms with Crippen molar-refractivity contribution in [1.29, 1.82) is 0 Å². The molecule has 2 heterocycles. The Hall–Kier alpha value is -0.690. The molecule has 1 atom stereocenters. The molecule has 1 unspecified atom stereocenters. The molecule has 2 aromatic rings. The Balaban J connectivity index is 1.86. The molecule has 0 radical (unpaired) electrons. The number of nitrogens with one attached hydrogen (secondary N) is 1. The fraction of sp³-hybridized carbons (Fsp3) is 0.308. The predicted octanol–water partition coefficient (Wildman–Crippen LogP) is 4.38. The number of aryl methyl sites for hydroxylation is 1. The highest BCUT2D eigenvalue weighted by Gasteiger charge is 2.22. The number of nitrogens with zero attached hydrogens (tertiary/aromatic N) is 1. The largest absolute Gasteiger partial charge is 0.363 e. The molecule has 3 rings (SSSR count). The molecule has 94 valence electrons. The van der Waals surface area contributed by atoms with Gasteiger partial charge in [-0.3, -0.25) is 0 Å². The Morgan fingerprint density at radius 3 is 3.17 bits per heavy atom. The van der Waals surface area contributed by atoms with E-state index in [0.717, 1.165) is 12.8 Å². The second kappa shape index (κ2) is 5.13. The summed E-state index contributed by atoms with van der Waals surface area (Å²) in [6.45, 7) is 0. The minimum atomic E-state index is -0.434. The number of halogens is 2. The number of aromatic nitrogens is 1. The molecule has 0 saturated carbocycles. The second-order valence-electron chi connectivity index (χ2n) is 4.36. The zero-order chi connectivity index (χ0) is 12.5. The van der Waals surface area contributed by atoms with Crippen molar-refractivity contribution in [3.63, 3.8) is 0 Å². The van der Waals surface area contributed by atoms with E-state index in [0.29, 0.717) is 5.82 Å². The Labute approximate surface area is 123 Å². The molecule has 0 saturated heterocycles. The first-order valence-electron chi connectivity index (χ1n) is 5.89. The quantitative estimate of drug-likeness (QED) is 0.624. The highest BCUT2D eigenvalue weighted by molar-refractivity contribution is 14.1. The van der Waals surface area contributed by atoms with E-state index in [9.17, 15) is 4.39 Å². The first-order valence-corrected chi connectivity index (χ1v) is 7.79. The number of hydrogen-bond acceptors (Lipinski definition) is 3. The highest BCUT2D eigenvalue weighted by Crippen LogP contribution is 2.37. The van der Waals surface area contributed by atoms with Crippen LogP contribution in [0.3, 0.4) is 0 Å². The van der Waals surface area contributed by atoms with E-state index in [1.165, 1.54) is 25.8 Å². The van der Waals surface area contributed by atoms with Gasteiger partial charge in [-0.25, -0.2) is 4.98 Å². The van der Waals surface area contributed by atoms with Crippen molar-refractivity contribution < 1.29 is 4.39 Å². The number of anilines is 1. The van der Waals surface area contributed by atoms with E-state index >= 15 is 0 Å². The molecule has 18 heavy (non-hydrogen) atoms. The summed E-state index contributed by atoms with van der Waals surface area (Å²) in [5.41, 5.74) is 1.36. The molecular formula is C13H12FIN2S. The van der Waals surface area contributed by atoms with Crippen LogP contribution in [0.4, 0.5) is 10.2 Å². The smallest absolute Gasteiger partial charge is 0.214 e. The average molecular weight is 374 g/mol. The van der Waals surface area contributed by atoms with Gasteiger partial charge in [0, 0.05) is 4.88 Å². The number of thiophene rings is 1. The van der Waals surface area contributed by atoms with Crippen LogP contribution in [0, 0.1) is 8.83 Å². The van der Waals surface area contributed by atoms with Crippen molar-refractivity contribution in [3.8, 4) is 0 Å². The lowest BCUT2D eigenvalue weighted by molar-refractivity contribution is 0.577. The summed E-state index contributed by atoms with van der Waals surface area (Å²) < 4.78 is 14.4. The Bertz CT molecular complexity index is 570. The van der Waals surface area contributed by atoms with Crippen LogP contribution in [-0.4, -0.2) is 4.98 Å². The van der Waals surface area contributed by atoms with E-state index in [2.05, 4.69) is 39.0 Å². The van der Waals surface area contributed by atoms with E-state index in [4.69, 9.17) is 0 Å². The normalized spacial score (nSPS) is 18.4. The summed E-state index contributed by atoms with van der Waals surface area (Å²) in [5.74, 6) is 0.185. The van der Waals surface area contributed by atoms with Crippen LogP contribution in [0.25, 0.3) is 0 Å². The van der Waals surface area contributed by atoms with Gasteiger partial charge in [0.15, 0.2) is 0 Å². The lowest BCUT2D eigenvalue weighted by Gasteiger charge is -2.24. The zero-order valence-corrected chi connectivity index (χ0v) is 12.6. The molecule has 5 heteroatoms. The van der Waals surface area contributed by atoms with Crippen molar-refractivity contribution in [1.82, 2.24) is 4.98 Å². The third-order valence-corrected chi connectivity index (χ3v) is 5.09. The predicted molar refractivity (Wildman–Crippen MR) is 80.5 cm³/mol. The molecule has 1 aliphatic rings. The van der Waals surface area contributed by atoms with Gasteiger partial charge in [-0.2, -0.15) is 4.39 Å². The lowest BCUT2D eigenvalue weighted by Crippen LogP contribution is -2.16. The fourth-order valence-corrected chi connectivity index (χ4v) is 4.46. The van der Waals surface area contributed by atoms with Gasteiger partial charge in [-0.1, -0.05) is 6.07 Å². The monoisotopic (exact) mass is 374 g/mol. The Morgan fingerprint density at radius 1 is 1.44 bits per heavy atom. The minimum Gasteiger partial charge on any atom is -0.363 e. The van der Waals surface area contributed by atoms with Gasteiger partial charge < -0.3 is 5.32 Å². The summed E-state index contributed by atoms with van der Waals surface area (Å²) in [5, 5.41) is 3.34. The molecular weight excluding hydrogens is 362 g/mol. The lowest BCUT2D eigenvalue weighted by atomic mass is 9.94. The highest BCUT2D eigenvalue weighted by atomic mass is 127. The van der Waals surface area contributed by atoms with Gasteiger partial charge in [0.05, 0.1) is 8.93 Å². The van der Waals surface area contributed by atoms with Gasteiger partial charge in [-0.15, -0.1) is 11.3 Å². The number of pyridine rings is 1. The van der Waals surface area contributed by atoms with Crippen molar-refractivity contribution in [3.05, 3.63) is 43.5 Å². The summed E-state index contributed by atoms with van der Waals surface area (Å²) in [6, 6.07) is 7.37. The third kappa shape index (κ3) is 2.51. The summed E-state index contributed by atoms with van der Waals surface area (Å²) in [6.07, 6.45) is 3.42. The molecule has 2 nitrogen and oxygen atoms in total. The SMILES string of the molecule is Fc1cccc(NC2CCCc3sc(I)cc32)n1. The van der Waals surface area contributed by atoms with E-state index in [1.54, 1.807) is 6.07 Å². The summed E-state index contributed by atoms with van der Waals surface area (Å²) in [7, 11) is 0. The molecule has 0 bridgehead atoms. The van der Waals surface area contributed by atoms with Gasteiger partial charge in [0.25, 0.3) is 0 Å². The van der Waals surface area contributed by atoms with Gasteiger partial charge in [-0.05, 0) is 65.6 Å². The van der Waals surface area contributed by atoms with Crippen molar-refractivity contribution in [2.45, 2.75) is 25.3 Å². The molecule has 1 aliphatic carbocycles. The first kappa shape index (κ1) is 12.3. The minimum absolute atomic E-state index is 0.266. The Morgan fingerprint density at radius 2 is 2.33 bits per heavy atom. The molecule has 1 N–H and O–H groups in total. The molecule has 0 aromatic carbocycles. The molecule has 0 fully saturated rings.